The molecule has 1 aliphatic heterocycles. The Kier molecular flexibility index (Phi) is 5.55. The van der Waals surface area contributed by atoms with Gasteiger partial charge in [-0.05, 0) is 37.8 Å². The number of rotatable bonds is 4. The van der Waals surface area contributed by atoms with Crippen molar-refractivity contribution in [1.29, 1.82) is 0 Å². The normalized spacial score (nSPS) is 17.0. The van der Waals surface area contributed by atoms with E-state index in [0.717, 1.165) is 29.9 Å². The fourth-order valence-electron chi connectivity index (χ4n) is 3.37. The number of hydrogen-bond acceptors (Lipinski definition) is 4. The SMILES string of the molecule is COC(=O)N1CCCC[C@H]1C(=O)NCc1ccccc1-n1ccnc1C. The highest BCUT2D eigenvalue weighted by atomic mass is 16.5. The summed E-state index contributed by atoms with van der Waals surface area (Å²) in [6.45, 7) is 2.87. The summed E-state index contributed by atoms with van der Waals surface area (Å²) in [7, 11) is 1.34. The van der Waals surface area contributed by atoms with E-state index in [1.807, 2.05) is 42.0 Å². The summed E-state index contributed by atoms with van der Waals surface area (Å²) in [6, 6.07) is 7.41. The summed E-state index contributed by atoms with van der Waals surface area (Å²) < 4.78 is 6.80. The van der Waals surface area contributed by atoms with Crippen LogP contribution in [-0.2, 0) is 16.1 Å². The second-order valence-electron chi connectivity index (χ2n) is 6.37. The highest BCUT2D eigenvalue weighted by Crippen LogP contribution is 2.19. The Hall–Kier alpha value is -2.83. The summed E-state index contributed by atoms with van der Waals surface area (Å²) in [5, 5.41) is 2.98. The molecule has 3 rings (SSSR count). The number of carbonyl (C=O) groups is 2. The molecule has 1 aliphatic rings. The van der Waals surface area contributed by atoms with Gasteiger partial charge in [0.15, 0.2) is 0 Å². The Bertz CT molecular complexity index is 787. The van der Waals surface area contributed by atoms with Crippen molar-refractivity contribution in [2.75, 3.05) is 13.7 Å². The Balaban J connectivity index is 1.72. The number of imidazole rings is 1. The van der Waals surface area contributed by atoms with Gasteiger partial charge < -0.3 is 14.6 Å². The fourth-order valence-corrected chi connectivity index (χ4v) is 3.37. The molecule has 0 aliphatic carbocycles. The number of methoxy groups -OCH3 is 1. The lowest BCUT2D eigenvalue weighted by Crippen LogP contribution is -2.51. The molecule has 2 heterocycles. The molecule has 2 amide bonds. The van der Waals surface area contributed by atoms with Crippen molar-refractivity contribution in [2.24, 2.45) is 0 Å². The number of benzene rings is 1. The van der Waals surface area contributed by atoms with E-state index < -0.39 is 12.1 Å². The number of likely N-dealkylation sites (tertiary alicyclic amines) is 1. The average Bonchev–Trinajstić information content (AvgIpc) is 3.11. The molecule has 0 spiro atoms. The van der Waals surface area contributed by atoms with Gasteiger partial charge in [0.2, 0.25) is 5.91 Å². The number of carbonyl (C=O) groups excluding carboxylic acids is 2. The van der Waals surface area contributed by atoms with Crippen LogP contribution in [0.1, 0.15) is 30.7 Å². The maximum Gasteiger partial charge on any atom is 0.410 e. The molecule has 0 unspecified atom stereocenters. The largest absolute Gasteiger partial charge is 0.453 e. The summed E-state index contributed by atoms with van der Waals surface area (Å²) in [4.78, 5) is 30.4. The van der Waals surface area contributed by atoms with E-state index >= 15 is 0 Å². The van der Waals surface area contributed by atoms with E-state index in [-0.39, 0.29) is 5.91 Å². The number of amides is 2. The van der Waals surface area contributed by atoms with Crippen molar-refractivity contribution in [1.82, 2.24) is 19.8 Å². The Morgan fingerprint density at radius 2 is 2.12 bits per heavy atom. The van der Waals surface area contributed by atoms with Crippen LogP contribution in [0.15, 0.2) is 36.7 Å². The summed E-state index contributed by atoms with van der Waals surface area (Å²) in [6.07, 6.45) is 5.68. The summed E-state index contributed by atoms with van der Waals surface area (Å²) in [5.41, 5.74) is 1.97. The number of para-hydroxylation sites is 1. The third-order valence-electron chi connectivity index (χ3n) is 4.74. The number of nitrogens with zero attached hydrogens (tertiary/aromatic N) is 3. The van der Waals surface area contributed by atoms with Crippen LogP contribution in [0.25, 0.3) is 5.69 Å². The average molecular weight is 356 g/mol. The van der Waals surface area contributed by atoms with Crippen molar-refractivity contribution in [3.63, 3.8) is 0 Å². The lowest BCUT2D eigenvalue weighted by atomic mass is 10.0. The molecule has 1 saturated heterocycles. The van der Waals surface area contributed by atoms with Crippen LogP contribution >= 0.6 is 0 Å². The first-order valence-electron chi connectivity index (χ1n) is 8.82. The lowest BCUT2D eigenvalue weighted by Gasteiger charge is -2.33. The van der Waals surface area contributed by atoms with Crippen LogP contribution in [0.3, 0.4) is 0 Å². The Morgan fingerprint density at radius 1 is 1.31 bits per heavy atom. The third kappa shape index (κ3) is 3.71. The van der Waals surface area contributed by atoms with Gasteiger partial charge in [0, 0.05) is 25.5 Å². The molecule has 0 saturated carbocycles. The van der Waals surface area contributed by atoms with Gasteiger partial charge in [0.25, 0.3) is 0 Å². The molecular formula is C19H24N4O3. The van der Waals surface area contributed by atoms with Gasteiger partial charge in [-0.3, -0.25) is 9.69 Å². The maximum absolute atomic E-state index is 12.7. The molecular weight excluding hydrogens is 332 g/mol. The molecule has 7 nitrogen and oxygen atoms in total. The highest BCUT2D eigenvalue weighted by molar-refractivity contribution is 5.85. The topological polar surface area (TPSA) is 76.5 Å². The Morgan fingerprint density at radius 3 is 2.85 bits per heavy atom. The van der Waals surface area contributed by atoms with Crippen LogP contribution in [0.5, 0.6) is 0 Å². The van der Waals surface area contributed by atoms with Crippen molar-refractivity contribution in [2.45, 2.75) is 38.8 Å². The predicted molar refractivity (Wildman–Crippen MR) is 96.9 cm³/mol. The molecule has 1 aromatic heterocycles. The fraction of sp³-hybridized carbons (Fsp3) is 0.421. The van der Waals surface area contributed by atoms with Gasteiger partial charge in [-0.25, -0.2) is 9.78 Å². The molecule has 138 valence electrons. The van der Waals surface area contributed by atoms with Gasteiger partial charge >= 0.3 is 6.09 Å². The standard InChI is InChI=1S/C19H24N4O3/c1-14-20-10-12-22(14)16-8-4-3-7-15(16)13-21-18(24)17-9-5-6-11-23(17)19(25)26-2/h3-4,7-8,10,12,17H,5-6,9,11,13H2,1-2H3,(H,21,24)/t17-/m0/s1. The first-order valence-corrected chi connectivity index (χ1v) is 8.82. The summed E-state index contributed by atoms with van der Waals surface area (Å²) in [5.74, 6) is 0.736. The zero-order valence-electron chi connectivity index (χ0n) is 15.1. The molecule has 7 heteroatoms. The number of hydrogen-bond donors (Lipinski definition) is 1. The molecule has 2 aromatic rings. The number of piperidine rings is 1. The Labute approximate surface area is 153 Å². The van der Waals surface area contributed by atoms with Gasteiger partial charge in [-0.15, -0.1) is 0 Å². The number of ether oxygens (including phenoxy) is 1. The number of aryl methyl sites for hydroxylation is 1. The molecule has 0 radical (unpaired) electrons. The minimum atomic E-state index is -0.474. The minimum Gasteiger partial charge on any atom is -0.453 e. The molecule has 26 heavy (non-hydrogen) atoms. The molecule has 0 bridgehead atoms. The van der Waals surface area contributed by atoms with E-state index in [2.05, 4.69) is 10.3 Å². The van der Waals surface area contributed by atoms with Gasteiger partial charge in [-0.2, -0.15) is 0 Å². The van der Waals surface area contributed by atoms with Crippen LogP contribution < -0.4 is 5.32 Å². The van der Waals surface area contributed by atoms with E-state index in [9.17, 15) is 9.59 Å². The summed E-state index contributed by atoms with van der Waals surface area (Å²) >= 11 is 0. The second-order valence-corrected chi connectivity index (χ2v) is 6.37. The number of nitrogens with one attached hydrogen (secondary N) is 1. The van der Waals surface area contributed by atoms with Crippen molar-refractivity contribution in [3.8, 4) is 5.69 Å². The third-order valence-corrected chi connectivity index (χ3v) is 4.74. The zero-order valence-corrected chi connectivity index (χ0v) is 15.1. The smallest absolute Gasteiger partial charge is 0.410 e. The first kappa shape index (κ1) is 18.0. The van der Waals surface area contributed by atoms with Gasteiger partial charge in [0.05, 0.1) is 12.8 Å². The first-order chi connectivity index (χ1) is 12.6. The van der Waals surface area contributed by atoms with E-state index in [0.29, 0.717) is 19.5 Å². The van der Waals surface area contributed by atoms with Crippen molar-refractivity contribution >= 4 is 12.0 Å². The highest BCUT2D eigenvalue weighted by Gasteiger charge is 2.32. The van der Waals surface area contributed by atoms with Crippen molar-refractivity contribution < 1.29 is 14.3 Å². The van der Waals surface area contributed by atoms with Crippen LogP contribution in [0, 0.1) is 6.92 Å². The van der Waals surface area contributed by atoms with Crippen LogP contribution in [-0.4, -0.2) is 46.1 Å². The predicted octanol–water partition coefficient (Wildman–Crippen LogP) is 2.42. The monoisotopic (exact) mass is 356 g/mol. The molecule has 1 N–H and O–H groups in total. The van der Waals surface area contributed by atoms with Gasteiger partial charge in [0.1, 0.15) is 11.9 Å². The molecule has 1 atom stereocenters. The zero-order chi connectivity index (χ0) is 18.5. The minimum absolute atomic E-state index is 0.146. The second kappa shape index (κ2) is 8.03. The lowest BCUT2D eigenvalue weighted by molar-refractivity contribution is -0.127. The van der Waals surface area contributed by atoms with Crippen LogP contribution in [0.4, 0.5) is 4.79 Å². The van der Waals surface area contributed by atoms with Crippen molar-refractivity contribution in [3.05, 3.63) is 48.0 Å². The quantitative estimate of drug-likeness (QED) is 0.913. The molecule has 1 aromatic carbocycles. The van der Waals surface area contributed by atoms with E-state index in [4.69, 9.17) is 4.74 Å². The van der Waals surface area contributed by atoms with Crippen LogP contribution in [0.2, 0.25) is 0 Å². The van der Waals surface area contributed by atoms with E-state index in [1.165, 1.54) is 12.0 Å². The van der Waals surface area contributed by atoms with E-state index in [1.54, 1.807) is 6.20 Å². The maximum atomic E-state index is 12.7. The number of aromatic nitrogens is 2. The molecule has 1 fully saturated rings. The van der Waals surface area contributed by atoms with Gasteiger partial charge in [-0.1, -0.05) is 18.2 Å².